The molecule has 3 heteroatoms. The van der Waals surface area contributed by atoms with Crippen molar-refractivity contribution in [2.24, 2.45) is 0 Å². The Morgan fingerprint density at radius 1 is 1.38 bits per heavy atom. The van der Waals surface area contributed by atoms with E-state index in [9.17, 15) is 0 Å². The lowest BCUT2D eigenvalue weighted by Gasteiger charge is -2.11. The molecule has 2 aromatic rings. The third-order valence-corrected chi connectivity index (χ3v) is 2.75. The van der Waals surface area contributed by atoms with Gasteiger partial charge in [0, 0.05) is 11.4 Å². The van der Waals surface area contributed by atoms with Crippen LogP contribution >= 0.6 is 0 Å². The average Bonchev–Trinajstić information content (AvgIpc) is 2.73. The summed E-state index contributed by atoms with van der Waals surface area (Å²) in [6, 6.07) is 10.1. The number of furan rings is 1. The van der Waals surface area contributed by atoms with E-state index in [0.29, 0.717) is 6.54 Å². The van der Waals surface area contributed by atoms with Gasteiger partial charge in [-0.15, -0.1) is 0 Å². The van der Waals surface area contributed by atoms with Crippen LogP contribution in [0.1, 0.15) is 19.1 Å². The van der Waals surface area contributed by atoms with Gasteiger partial charge in [0.25, 0.3) is 0 Å². The second-order valence-electron chi connectivity index (χ2n) is 3.92. The first-order chi connectivity index (χ1) is 7.83. The van der Waals surface area contributed by atoms with Gasteiger partial charge in [-0.25, -0.2) is 0 Å². The van der Waals surface area contributed by atoms with Crippen LogP contribution in [0.5, 0.6) is 0 Å². The Labute approximate surface area is 95.1 Å². The Balaban J connectivity index is 2.04. The number of hydrogen-bond acceptors (Lipinski definition) is 3. The van der Waals surface area contributed by atoms with E-state index in [4.69, 9.17) is 9.52 Å². The van der Waals surface area contributed by atoms with Gasteiger partial charge in [-0.1, -0.05) is 25.1 Å². The highest BCUT2D eigenvalue weighted by Crippen LogP contribution is 2.18. The molecular weight excluding hydrogens is 202 g/mol. The van der Waals surface area contributed by atoms with E-state index in [-0.39, 0.29) is 12.6 Å². The first-order valence-corrected chi connectivity index (χ1v) is 5.65. The Bertz CT molecular complexity index is 413. The van der Waals surface area contributed by atoms with Crippen LogP contribution in [0.2, 0.25) is 0 Å². The molecule has 16 heavy (non-hydrogen) atoms. The highest BCUT2D eigenvalue weighted by Gasteiger charge is 2.06. The minimum atomic E-state index is 0.146. The topological polar surface area (TPSA) is 45.4 Å². The maximum atomic E-state index is 9.05. The molecule has 1 aromatic heterocycles. The maximum Gasteiger partial charge on any atom is 0.134 e. The predicted molar refractivity (Wildman–Crippen MR) is 64.2 cm³/mol. The van der Waals surface area contributed by atoms with E-state index in [1.54, 1.807) is 0 Å². The van der Waals surface area contributed by atoms with E-state index >= 15 is 0 Å². The van der Waals surface area contributed by atoms with Gasteiger partial charge in [0.15, 0.2) is 0 Å². The molecule has 1 heterocycles. The number of aliphatic hydroxyl groups is 1. The lowest BCUT2D eigenvalue weighted by molar-refractivity contribution is 0.236. The van der Waals surface area contributed by atoms with E-state index in [1.807, 2.05) is 37.3 Å². The van der Waals surface area contributed by atoms with Crippen LogP contribution in [0.3, 0.4) is 0 Å². The van der Waals surface area contributed by atoms with E-state index < -0.39 is 0 Å². The fraction of sp³-hybridized carbons (Fsp3) is 0.385. The summed E-state index contributed by atoms with van der Waals surface area (Å²) in [4.78, 5) is 0. The van der Waals surface area contributed by atoms with Crippen LogP contribution in [0.4, 0.5) is 0 Å². The quantitative estimate of drug-likeness (QED) is 0.811. The predicted octanol–water partition coefficient (Wildman–Crippen LogP) is 2.29. The highest BCUT2D eigenvalue weighted by molar-refractivity contribution is 5.77. The zero-order valence-corrected chi connectivity index (χ0v) is 9.44. The monoisotopic (exact) mass is 219 g/mol. The molecule has 0 saturated carbocycles. The molecule has 0 fully saturated rings. The van der Waals surface area contributed by atoms with Crippen molar-refractivity contribution >= 4 is 11.0 Å². The molecule has 0 bridgehead atoms. The van der Waals surface area contributed by atoms with Gasteiger partial charge in [-0.3, -0.25) is 0 Å². The Hall–Kier alpha value is -1.32. The third kappa shape index (κ3) is 2.43. The summed E-state index contributed by atoms with van der Waals surface area (Å²) in [5.74, 6) is 0.910. The molecule has 1 atom stereocenters. The smallest absolute Gasteiger partial charge is 0.134 e. The lowest BCUT2D eigenvalue weighted by atomic mass is 10.2. The van der Waals surface area contributed by atoms with Crippen molar-refractivity contribution in [3.63, 3.8) is 0 Å². The molecule has 0 aliphatic heterocycles. The number of aliphatic hydroxyl groups excluding tert-OH is 1. The summed E-state index contributed by atoms with van der Waals surface area (Å²) in [5, 5.41) is 13.4. The van der Waals surface area contributed by atoms with Crippen molar-refractivity contribution in [3.05, 3.63) is 36.1 Å². The summed E-state index contributed by atoms with van der Waals surface area (Å²) >= 11 is 0. The molecule has 2 rings (SSSR count). The third-order valence-electron chi connectivity index (χ3n) is 2.75. The fourth-order valence-electron chi connectivity index (χ4n) is 1.71. The van der Waals surface area contributed by atoms with Gasteiger partial charge >= 0.3 is 0 Å². The molecule has 0 radical (unpaired) electrons. The molecule has 0 aliphatic rings. The molecule has 0 aliphatic carbocycles. The van der Waals surface area contributed by atoms with Crippen LogP contribution < -0.4 is 5.32 Å². The van der Waals surface area contributed by atoms with Crippen LogP contribution in [0.25, 0.3) is 11.0 Å². The van der Waals surface area contributed by atoms with Crippen molar-refractivity contribution in [2.75, 3.05) is 6.61 Å². The summed E-state index contributed by atoms with van der Waals surface area (Å²) < 4.78 is 5.66. The number of hydrogen-bond donors (Lipinski definition) is 2. The van der Waals surface area contributed by atoms with Crippen LogP contribution in [0, 0.1) is 0 Å². The number of nitrogens with one attached hydrogen (secondary N) is 1. The van der Waals surface area contributed by atoms with Crippen molar-refractivity contribution in [2.45, 2.75) is 25.9 Å². The van der Waals surface area contributed by atoms with Crippen LogP contribution in [-0.2, 0) is 6.54 Å². The van der Waals surface area contributed by atoms with Gasteiger partial charge in [0.2, 0.25) is 0 Å². The minimum Gasteiger partial charge on any atom is -0.460 e. The Kier molecular flexibility index (Phi) is 3.59. The van der Waals surface area contributed by atoms with Gasteiger partial charge < -0.3 is 14.8 Å². The number of fused-ring (bicyclic) bond motifs is 1. The molecular formula is C13H17NO2. The van der Waals surface area contributed by atoms with Gasteiger partial charge in [-0.2, -0.15) is 0 Å². The zero-order chi connectivity index (χ0) is 11.4. The minimum absolute atomic E-state index is 0.146. The molecule has 0 spiro atoms. The SMILES string of the molecule is CCC(CO)NCc1cc2ccccc2o1. The molecule has 1 unspecified atom stereocenters. The van der Waals surface area contributed by atoms with Crippen molar-refractivity contribution in [3.8, 4) is 0 Å². The molecule has 0 saturated heterocycles. The van der Waals surface area contributed by atoms with Crippen LogP contribution in [-0.4, -0.2) is 17.8 Å². The van der Waals surface area contributed by atoms with Crippen molar-refractivity contribution in [1.29, 1.82) is 0 Å². The number of rotatable bonds is 5. The molecule has 86 valence electrons. The Morgan fingerprint density at radius 3 is 2.88 bits per heavy atom. The summed E-state index contributed by atoms with van der Waals surface area (Å²) in [6.45, 7) is 2.87. The molecule has 1 aromatic carbocycles. The average molecular weight is 219 g/mol. The second-order valence-corrected chi connectivity index (χ2v) is 3.92. The first kappa shape index (κ1) is 11.2. The lowest BCUT2D eigenvalue weighted by Crippen LogP contribution is -2.30. The summed E-state index contributed by atoms with van der Waals surface area (Å²) in [5.41, 5.74) is 0.913. The highest BCUT2D eigenvalue weighted by atomic mass is 16.3. The van der Waals surface area contributed by atoms with E-state index in [0.717, 1.165) is 23.2 Å². The number of para-hydroxylation sites is 1. The standard InChI is InChI=1S/C13H17NO2/c1-2-11(9-15)14-8-12-7-10-5-3-4-6-13(10)16-12/h3-7,11,14-15H,2,8-9H2,1H3. The second kappa shape index (κ2) is 5.14. The summed E-state index contributed by atoms with van der Waals surface area (Å²) in [7, 11) is 0. The molecule has 0 amide bonds. The molecule has 2 N–H and O–H groups in total. The normalized spacial score (nSPS) is 13.1. The van der Waals surface area contributed by atoms with Gasteiger partial charge in [-0.05, 0) is 18.6 Å². The zero-order valence-electron chi connectivity index (χ0n) is 9.44. The fourth-order valence-corrected chi connectivity index (χ4v) is 1.71. The largest absolute Gasteiger partial charge is 0.460 e. The van der Waals surface area contributed by atoms with E-state index in [1.165, 1.54) is 0 Å². The summed E-state index contributed by atoms with van der Waals surface area (Å²) in [6.07, 6.45) is 0.913. The van der Waals surface area contributed by atoms with E-state index in [2.05, 4.69) is 5.32 Å². The first-order valence-electron chi connectivity index (χ1n) is 5.65. The van der Waals surface area contributed by atoms with Crippen LogP contribution in [0.15, 0.2) is 34.7 Å². The van der Waals surface area contributed by atoms with Crippen molar-refractivity contribution < 1.29 is 9.52 Å². The Morgan fingerprint density at radius 2 is 2.19 bits per heavy atom. The van der Waals surface area contributed by atoms with Gasteiger partial charge in [0.1, 0.15) is 11.3 Å². The van der Waals surface area contributed by atoms with Gasteiger partial charge in [0.05, 0.1) is 13.2 Å². The number of benzene rings is 1. The molecule has 3 nitrogen and oxygen atoms in total. The van der Waals surface area contributed by atoms with Crippen molar-refractivity contribution in [1.82, 2.24) is 5.32 Å². The maximum absolute atomic E-state index is 9.05.